The fourth-order valence-corrected chi connectivity index (χ4v) is 2.50. The van der Waals surface area contributed by atoms with Gasteiger partial charge < -0.3 is 5.73 Å². The predicted octanol–water partition coefficient (Wildman–Crippen LogP) is 4.43. The molecule has 1 aromatic rings. The van der Waals surface area contributed by atoms with Gasteiger partial charge in [0.05, 0.1) is 0 Å². The Balaban J connectivity index is 2.71. The van der Waals surface area contributed by atoms with E-state index in [0.717, 1.165) is 12.5 Å². The number of benzene rings is 1. The van der Waals surface area contributed by atoms with E-state index in [1.165, 1.54) is 6.07 Å². The van der Waals surface area contributed by atoms with Gasteiger partial charge in [0, 0.05) is 11.6 Å². The van der Waals surface area contributed by atoms with E-state index in [9.17, 15) is 8.78 Å². The molecular weight excluding hydrogens is 232 g/mol. The van der Waals surface area contributed by atoms with E-state index in [4.69, 9.17) is 5.73 Å². The SMILES string of the molecule is CC(CC(N)c1cccc(F)c1F)CC(C)(C)C. The van der Waals surface area contributed by atoms with Crippen LogP contribution in [0.2, 0.25) is 0 Å². The molecule has 0 spiro atoms. The highest BCUT2D eigenvalue weighted by molar-refractivity contribution is 5.22. The second-order valence-electron chi connectivity index (χ2n) is 6.36. The molecule has 0 saturated carbocycles. The molecule has 0 aliphatic rings. The molecule has 2 atom stereocenters. The van der Waals surface area contributed by atoms with Crippen LogP contribution >= 0.6 is 0 Å². The molecule has 1 nitrogen and oxygen atoms in total. The maximum absolute atomic E-state index is 13.6. The summed E-state index contributed by atoms with van der Waals surface area (Å²) in [4.78, 5) is 0. The van der Waals surface area contributed by atoms with Gasteiger partial charge in [-0.3, -0.25) is 0 Å². The zero-order valence-corrected chi connectivity index (χ0v) is 11.6. The van der Waals surface area contributed by atoms with Crippen LogP contribution in [0, 0.1) is 23.0 Å². The van der Waals surface area contributed by atoms with Crippen LogP contribution < -0.4 is 5.73 Å². The van der Waals surface area contributed by atoms with Crippen molar-refractivity contribution in [1.29, 1.82) is 0 Å². The summed E-state index contributed by atoms with van der Waals surface area (Å²) in [7, 11) is 0. The van der Waals surface area contributed by atoms with Crippen LogP contribution in [-0.4, -0.2) is 0 Å². The smallest absolute Gasteiger partial charge is 0.163 e. The molecule has 1 rings (SSSR count). The van der Waals surface area contributed by atoms with Gasteiger partial charge in [0.2, 0.25) is 0 Å². The molecule has 0 fully saturated rings. The van der Waals surface area contributed by atoms with Gasteiger partial charge in [-0.25, -0.2) is 8.78 Å². The first-order chi connectivity index (χ1) is 8.20. The predicted molar refractivity (Wildman–Crippen MR) is 71.1 cm³/mol. The van der Waals surface area contributed by atoms with Crippen LogP contribution in [0.15, 0.2) is 18.2 Å². The van der Waals surface area contributed by atoms with Gasteiger partial charge in [0.15, 0.2) is 11.6 Å². The highest BCUT2D eigenvalue weighted by Gasteiger charge is 2.20. The summed E-state index contributed by atoms with van der Waals surface area (Å²) in [5.41, 5.74) is 6.47. The Morgan fingerprint density at radius 3 is 2.39 bits per heavy atom. The maximum atomic E-state index is 13.6. The Kier molecular flexibility index (Phi) is 4.85. The molecule has 0 amide bonds. The normalized spacial score (nSPS) is 15.5. The average molecular weight is 255 g/mol. The van der Waals surface area contributed by atoms with Crippen LogP contribution in [-0.2, 0) is 0 Å². The van der Waals surface area contributed by atoms with Crippen molar-refractivity contribution in [3.8, 4) is 0 Å². The van der Waals surface area contributed by atoms with Crippen molar-refractivity contribution in [3.63, 3.8) is 0 Å². The molecule has 1 aromatic carbocycles. The van der Waals surface area contributed by atoms with E-state index in [2.05, 4.69) is 27.7 Å². The maximum Gasteiger partial charge on any atom is 0.163 e. The van der Waals surface area contributed by atoms with E-state index in [1.807, 2.05) is 0 Å². The van der Waals surface area contributed by atoms with Crippen molar-refractivity contribution in [2.24, 2.45) is 17.1 Å². The lowest BCUT2D eigenvalue weighted by atomic mass is 9.82. The van der Waals surface area contributed by atoms with Gasteiger partial charge in [-0.2, -0.15) is 0 Å². The highest BCUT2D eigenvalue weighted by atomic mass is 19.2. The van der Waals surface area contributed by atoms with Crippen molar-refractivity contribution in [1.82, 2.24) is 0 Å². The van der Waals surface area contributed by atoms with Gasteiger partial charge in [-0.15, -0.1) is 0 Å². The first kappa shape index (κ1) is 15.1. The topological polar surface area (TPSA) is 26.0 Å². The second kappa shape index (κ2) is 5.79. The number of rotatable bonds is 4. The third kappa shape index (κ3) is 4.37. The van der Waals surface area contributed by atoms with E-state index < -0.39 is 17.7 Å². The molecule has 0 aromatic heterocycles. The molecule has 0 radical (unpaired) electrons. The number of nitrogens with two attached hydrogens (primary N) is 1. The molecule has 3 heteroatoms. The van der Waals surface area contributed by atoms with Crippen LogP contribution in [0.25, 0.3) is 0 Å². The Morgan fingerprint density at radius 2 is 1.83 bits per heavy atom. The molecule has 18 heavy (non-hydrogen) atoms. The lowest BCUT2D eigenvalue weighted by Crippen LogP contribution is -2.19. The van der Waals surface area contributed by atoms with Crippen molar-refractivity contribution >= 4 is 0 Å². The summed E-state index contributed by atoms with van der Waals surface area (Å²) < 4.78 is 26.7. The van der Waals surface area contributed by atoms with Gasteiger partial charge in [-0.05, 0) is 30.2 Å². The van der Waals surface area contributed by atoms with E-state index in [-0.39, 0.29) is 11.0 Å². The van der Waals surface area contributed by atoms with Crippen molar-refractivity contribution < 1.29 is 8.78 Å². The van der Waals surface area contributed by atoms with Crippen molar-refractivity contribution in [2.75, 3.05) is 0 Å². The Bertz CT molecular complexity index is 396. The van der Waals surface area contributed by atoms with Gasteiger partial charge in [0.1, 0.15) is 0 Å². The molecule has 0 bridgehead atoms. The minimum absolute atomic E-state index is 0.222. The van der Waals surface area contributed by atoms with Crippen LogP contribution in [0.5, 0.6) is 0 Å². The number of halogens is 2. The second-order valence-corrected chi connectivity index (χ2v) is 6.36. The molecule has 2 N–H and O–H groups in total. The van der Waals surface area contributed by atoms with Gasteiger partial charge in [0.25, 0.3) is 0 Å². The van der Waals surface area contributed by atoms with Crippen LogP contribution in [0.1, 0.15) is 52.1 Å². The Labute approximate surface area is 108 Å². The fourth-order valence-electron chi connectivity index (χ4n) is 2.50. The summed E-state index contributed by atoms with van der Waals surface area (Å²) in [6.45, 7) is 8.59. The van der Waals surface area contributed by atoms with Crippen molar-refractivity contribution in [3.05, 3.63) is 35.4 Å². The monoisotopic (exact) mass is 255 g/mol. The number of hydrogen-bond donors (Lipinski definition) is 1. The van der Waals surface area contributed by atoms with E-state index in [0.29, 0.717) is 12.3 Å². The van der Waals surface area contributed by atoms with E-state index in [1.54, 1.807) is 6.07 Å². The summed E-state index contributed by atoms with van der Waals surface area (Å²) in [6, 6.07) is 3.73. The minimum atomic E-state index is -0.827. The summed E-state index contributed by atoms with van der Waals surface area (Å²) in [6.07, 6.45) is 1.68. The van der Waals surface area contributed by atoms with Gasteiger partial charge >= 0.3 is 0 Å². The summed E-state index contributed by atoms with van der Waals surface area (Å²) in [5, 5.41) is 0. The molecule has 102 valence electrons. The zero-order chi connectivity index (χ0) is 13.9. The Hall–Kier alpha value is -0.960. The van der Waals surface area contributed by atoms with Crippen LogP contribution in [0.3, 0.4) is 0 Å². The molecule has 0 aliphatic carbocycles. The molecule has 0 aliphatic heterocycles. The lowest BCUT2D eigenvalue weighted by Gasteiger charge is -2.25. The fraction of sp³-hybridized carbons (Fsp3) is 0.600. The number of hydrogen-bond acceptors (Lipinski definition) is 1. The van der Waals surface area contributed by atoms with E-state index >= 15 is 0 Å². The quantitative estimate of drug-likeness (QED) is 0.846. The first-order valence-electron chi connectivity index (χ1n) is 6.40. The third-order valence-electron chi connectivity index (χ3n) is 3.00. The molecule has 0 heterocycles. The largest absolute Gasteiger partial charge is 0.324 e. The molecule has 0 saturated heterocycles. The molecule has 2 unspecified atom stereocenters. The molecular formula is C15H23F2N. The minimum Gasteiger partial charge on any atom is -0.324 e. The lowest BCUT2D eigenvalue weighted by molar-refractivity contribution is 0.285. The summed E-state index contributed by atoms with van der Waals surface area (Å²) >= 11 is 0. The zero-order valence-electron chi connectivity index (χ0n) is 11.6. The highest BCUT2D eigenvalue weighted by Crippen LogP contribution is 2.30. The Morgan fingerprint density at radius 1 is 1.22 bits per heavy atom. The van der Waals surface area contributed by atoms with Crippen LogP contribution in [0.4, 0.5) is 8.78 Å². The average Bonchev–Trinajstić information content (AvgIpc) is 2.18. The summed E-state index contributed by atoms with van der Waals surface area (Å²) in [5.74, 6) is -1.26. The standard InChI is InChI=1S/C15H23F2N/c1-10(9-15(2,3)4)8-13(18)11-6-5-7-12(16)14(11)17/h5-7,10,13H,8-9,18H2,1-4H3. The third-order valence-corrected chi connectivity index (χ3v) is 3.00. The first-order valence-corrected chi connectivity index (χ1v) is 6.40. The van der Waals surface area contributed by atoms with Crippen molar-refractivity contribution in [2.45, 2.75) is 46.6 Å². The van der Waals surface area contributed by atoms with Gasteiger partial charge in [-0.1, -0.05) is 39.8 Å².